The highest BCUT2D eigenvalue weighted by molar-refractivity contribution is 5.75. The number of rotatable bonds is 7. The minimum Gasteiger partial charge on any atom is -0.464 e. The Hall–Kier alpha value is -0.570. The summed E-state index contributed by atoms with van der Waals surface area (Å²) in [5, 5.41) is 0. The molecular weight excluding hydrogens is 226 g/mol. The van der Waals surface area contributed by atoms with Gasteiger partial charge in [0.2, 0.25) is 0 Å². The Morgan fingerprint density at radius 2 is 1.67 bits per heavy atom. The molecule has 0 aliphatic rings. The molecule has 0 aliphatic heterocycles. The Kier molecular flexibility index (Phi) is 6.35. The summed E-state index contributed by atoms with van der Waals surface area (Å²) in [6, 6.07) is 0. The number of hydrogen-bond donors (Lipinski definition) is 0. The minimum absolute atomic E-state index is 0.0851. The second-order valence-electron chi connectivity index (χ2n) is 7.14. The molecule has 0 aromatic rings. The molecule has 0 aromatic heterocycles. The van der Waals surface area contributed by atoms with E-state index in [9.17, 15) is 4.79 Å². The normalized spacial score (nSPS) is 13.2. The van der Waals surface area contributed by atoms with Crippen LogP contribution >= 0.6 is 0 Å². The van der Waals surface area contributed by atoms with Crippen LogP contribution < -0.4 is 0 Å². The third kappa shape index (κ3) is 5.85. The summed E-state index contributed by atoms with van der Waals surface area (Å²) in [4.78, 5) is 14.1. The lowest BCUT2D eigenvalue weighted by Gasteiger charge is -2.36. The van der Waals surface area contributed by atoms with Crippen molar-refractivity contribution in [3.05, 3.63) is 0 Å². The molecule has 0 aromatic carbocycles. The van der Waals surface area contributed by atoms with Crippen LogP contribution in [0.15, 0.2) is 0 Å². The predicted octanol–water partition coefficient (Wildman–Crippen LogP) is 3.19. The molecule has 3 heteroatoms. The number of carbonyl (C=O) groups is 1. The van der Waals surface area contributed by atoms with Gasteiger partial charge in [-0.25, -0.2) is 0 Å². The van der Waals surface area contributed by atoms with E-state index in [0.717, 1.165) is 13.0 Å². The van der Waals surface area contributed by atoms with Crippen molar-refractivity contribution >= 4 is 5.97 Å². The fourth-order valence-electron chi connectivity index (χ4n) is 1.93. The van der Waals surface area contributed by atoms with Crippen LogP contribution in [0.2, 0.25) is 0 Å². The summed E-state index contributed by atoms with van der Waals surface area (Å²) in [5.74, 6) is 0.462. The lowest BCUT2D eigenvalue weighted by atomic mass is 9.69. The first kappa shape index (κ1) is 17.4. The van der Waals surface area contributed by atoms with E-state index >= 15 is 0 Å². The van der Waals surface area contributed by atoms with Gasteiger partial charge in [-0.05, 0) is 45.7 Å². The predicted molar refractivity (Wildman–Crippen MR) is 76.5 cm³/mol. The molecule has 0 fully saturated rings. The van der Waals surface area contributed by atoms with Crippen molar-refractivity contribution in [3.8, 4) is 0 Å². The van der Waals surface area contributed by atoms with Gasteiger partial charge in [-0.1, -0.05) is 27.7 Å². The maximum Gasteiger partial charge on any atom is 0.311 e. The third-order valence-corrected chi connectivity index (χ3v) is 3.78. The zero-order chi connectivity index (χ0) is 14.6. The quantitative estimate of drug-likeness (QED) is 0.656. The maximum atomic E-state index is 12.1. The number of esters is 1. The first-order valence-corrected chi connectivity index (χ1v) is 6.81. The van der Waals surface area contributed by atoms with Crippen molar-refractivity contribution < 1.29 is 9.53 Å². The lowest BCUT2D eigenvalue weighted by Crippen LogP contribution is -2.35. The molecule has 0 saturated carbocycles. The fraction of sp³-hybridized carbons (Fsp3) is 0.933. The number of likely N-dealkylation sites (N-methyl/N-ethyl adjacent to an activating group) is 1. The van der Waals surface area contributed by atoms with Crippen LogP contribution in [-0.4, -0.2) is 38.1 Å². The van der Waals surface area contributed by atoms with E-state index in [1.807, 2.05) is 32.8 Å². The molecular formula is C15H31NO2. The number of hydrogen-bond acceptors (Lipinski definition) is 3. The monoisotopic (exact) mass is 257 g/mol. The Morgan fingerprint density at radius 1 is 1.17 bits per heavy atom. The maximum absolute atomic E-state index is 12.1. The Labute approximate surface area is 113 Å². The molecule has 0 heterocycles. The van der Waals surface area contributed by atoms with Gasteiger partial charge in [0, 0.05) is 6.54 Å². The molecule has 0 unspecified atom stereocenters. The highest BCUT2D eigenvalue weighted by Crippen LogP contribution is 2.39. The summed E-state index contributed by atoms with van der Waals surface area (Å²) in [6.45, 7) is 14.0. The van der Waals surface area contributed by atoms with Gasteiger partial charge < -0.3 is 9.64 Å². The topological polar surface area (TPSA) is 29.5 Å². The SMILES string of the molecule is CC(C)C(C)(C)CC(C)(C)C(=O)OCCN(C)C. The van der Waals surface area contributed by atoms with E-state index in [-0.39, 0.29) is 11.4 Å². The smallest absolute Gasteiger partial charge is 0.311 e. The Bertz CT molecular complexity index is 268. The largest absolute Gasteiger partial charge is 0.464 e. The first-order valence-electron chi connectivity index (χ1n) is 6.81. The third-order valence-electron chi connectivity index (χ3n) is 3.78. The Balaban J connectivity index is 4.40. The highest BCUT2D eigenvalue weighted by Gasteiger charge is 2.37. The van der Waals surface area contributed by atoms with Gasteiger partial charge in [-0.3, -0.25) is 4.79 Å². The van der Waals surface area contributed by atoms with Crippen LogP contribution in [0.3, 0.4) is 0 Å². The van der Waals surface area contributed by atoms with E-state index < -0.39 is 5.41 Å². The zero-order valence-corrected chi connectivity index (χ0v) is 13.5. The zero-order valence-electron chi connectivity index (χ0n) is 13.5. The summed E-state index contributed by atoms with van der Waals surface area (Å²) < 4.78 is 5.36. The molecule has 18 heavy (non-hydrogen) atoms. The average Bonchev–Trinajstić information content (AvgIpc) is 2.14. The van der Waals surface area contributed by atoms with Gasteiger partial charge >= 0.3 is 5.97 Å². The highest BCUT2D eigenvalue weighted by atomic mass is 16.5. The standard InChI is InChI=1S/C15H31NO2/c1-12(2)14(3,4)11-15(5,6)13(17)18-10-9-16(7)8/h12H,9-11H2,1-8H3. The van der Waals surface area contributed by atoms with Gasteiger partial charge in [0.1, 0.15) is 6.61 Å². The van der Waals surface area contributed by atoms with E-state index in [1.54, 1.807) is 0 Å². The molecule has 0 saturated heterocycles. The molecule has 0 spiro atoms. The van der Waals surface area contributed by atoms with Crippen molar-refractivity contribution in [2.75, 3.05) is 27.2 Å². The van der Waals surface area contributed by atoms with Crippen LogP contribution in [-0.2, 0) is 9.53 Å². The van der Waals surface area contributed by atoms with Gasteiger partial charge in [0.15, 0.2) is 0 Å². The van der Waals surface area contributed by atoms with Crippen molar-refractivity contribution in [1.29, 1.82) is 0 Å². The second-order valence-corrected chi connectivity index (χ2v) is 7.14. The van der Waals surface area contributed by atoms with Gasteiger partial charge in [-0.15, -0.1) is 0 Å². The molecule has 0 bridgehead atoms. The molecule has 0 aliphatic carbocycles. The van der Waals surface area contributed by atoms with Crippen molar-refractivity contribution in [1.82, 2.24) is 4.90 Å². The van der Waals surface area contributed by atoms with Gasteiger partial charge in [-0.2, -0.15) is 0 Å². The van der Waals surface area contributed by atoms with Crippen LogP contribution in [0.4, 0.5) is 0 Å². The summed E-state index contributed by atoms with van der Waals surface area (Å²) in [7, 11) is 3.95. The van der Waals surface area contributed by atoms with Crippen molar-refractivity contribution in [3.63, 3.8) is 0 Å². The van der Waals surface area contributed by atoms with E-state index in [2.05, 4.69) is 27.7 Å². The molecule has 0 rings (SSSR count). The van der Waals surface area contributed by atoms with Crippen LogP contribution in [0.5, 0.6) is 0 Å². The molecule has 0 atom stereocenters. The lowest BCUT2D eigenvalue weighted by molar-refractivity contribution is -0.156. The molecule has 0 radical (unpaired) electrons. The number of nitrogens with zero attached hydrogens (tertiary/aromatic N) is 1. The molecule has 108 valence electrons. The first-order chi connectivity index (χ1) is 7.99. The van der Waals surface area contributed by atoms with Crippen LogP contribution in [0, 0.1) is 16.7 Å². The summed E-state index contributed by atoms with van der Waals surface area (Å²) >= 11 is 0. The second kappa shape index (κ2) is 6.55. The van der Waals surface area contributed by atoms with Gasteiger partial charge in [0.25, 0.3) is 0 Å². The number of ether oxygens (including phenoxy) is 1. The minimum atomic E-state index is -0.417. The van der Waals surface area contributed by atoms with Crippen LogP contribution in [0.1, 0.15) is 48.0 Å². The molecule has 3 nitrogen and oxygen atoms in total. The fourth-order valence-corrected chi connectivity index (χ4v) is 1.93. The molecule has 0 amide bonds. The summed E-state index contributed by atoms with van der Waals surface area (Å²) in [5.41, 5.74) is -0.274. The van der Waals surface area contributed by atoms with E-state index in [0.29, 0.717) is 12.5 Å². The summed E-state index contributed by atoms with van der Waals surface area (Å²) in [6.07, 6.45) is 0.846. The Morgan fingerprint density at radius 3 is 2.06 bits per heavy atom. The van der Waals surface area contributed by atoms with Crippen molar-refractivity contribution in [2.45, 2.75) is 48.0 Å². The van der Waals surface area contributed by atoms with Crippen LogP contribution in [0.25, 0.3) is 0 Å². The van der Waals surface area contributed by atoms with E-state index in [4.69, 9.17) is 4.74 Å². The average molecular weight is 257 g/mol. The van der Waals surface area contributed by atoms with E-state index in [1.165, 1.54) is 0 Å². The number of carbonyl (C=O) groups excluding carboxylic acids is 1. The molecule has 0 N–H and O–H groups in total. The van der Waals surface area contributed by atoms with Crippen molar-refractivity contribution in [2.24, 2.45) is 16.7 Å². The van der Waals surface area contributed by atoms with Gasteiger partial charge in [0.05, 0.1) is 5.41 Å².